The van der Waals surface area contributed by atoms with E-state index in [4.69, 9.17) is 20.2 Å². The topological polar surface area (TPSA) is 94.2 Å². The van der Waals surface area contributed by atoms with Crippen LogP contribution in [0.1, 0.15) is 12.5 Å². The standard InChI is InChI=1S/C26H22BrN3O4S/c1-2-33-21-14-17(13-20(27)24(21)34-16-23(28)31)15-22-25(32)30(19-11-7-4-8-12-19)26(35-22)29-18-9-5-3-6-10-18/h3-15H,2,16H2,1H3,(H2,28,31)/b22-15+,29-26?. The molecule has 2 N–H and O–H groups in total. The molecule has 2 amide bonds. The van der Waals surface area contributed by atoms with Crippen LogP contribution in [0.5, 0.6) is 11.5 Å². The highest BCUT2D eigenvalue weighted by molar-refractivity contribution is 9.10. The molecule has 178 valence electrons. The average molecular weight is 552 g/mol. The van der Waals surface area contributed by atoms with Gasteiger partial charge in [-0.2, -0.15) is 0 Å². The van der Waals surface area contributed by atoms with Gasteiger partial charge >= 0.3 is 0 Å². The number of amides is 2. The van der Waals surface area contributed by atoms with E-state index < -0.39 is 5.91 Å². The van der Waals surface area contributed by atoms with E-state index in [9.17, 15) is 9.59 Å². The van der Waals surface area contributed by atoms with Crippen LogP contribution >= 0.6 is 27.7 Å². The average Bonchev–Trinajstić information content (AvgIpc) is 3.14. The molecule has 0 radical (unpaired) electrons. The van der Waals surface area contributed by atoms with Gasteiger partial charge in [-0.05, 0) is 82.7 Å². The molecular weight excluding hydrogens is 530 g/mol. The molecule has 0 unspecified atom stereocenters. The lowest BCUT2D eigenvalue weighted by Gasteiger charge is -2.15. The monoisotopic (exact) mass is 551 g/mol. The molecule has 0 atom stereocenters. The van der Waals surface area contributed by atoms with Crippen LogP contribution in [-0.2, 0) is 9.59 Å². The zero-order chi connectivity index (χ0) is 24.8. The summed E-state index contributed by atoms with van der Waals surface area (Å²) < 4.78 is 11.8. The highest BCUT2D eigenvalue weighted by atomic mass is 79.9. The number of benzene rings is 3. The first kappa shape index (κ1) is 24.6. The Kier molecular flexibility index (Phi) is 7.89. The van der Waals surface area contributed by atoms with Crippen molar-refractivity contribution in [3.05, 3.63) is 87.7 Å². The number of nitrogens with zero attached hydrogens (tertiary/aromatic N) is 2. The van der Waals surface area contributed by atoms with Gasteiger partial charge in [0.1, 0.15) is 0 Å². The van der Waals surface area contributed by atoms with Gasteiger partial charge in [-0.25, -0.2) is 4.99 Å². The second-order valence-electron chi connectivity index (χ2n) is 7.33. The van der Waals surface area contributed by atoms with Gasteiger partial charge < -0.3 is 15.2 Å². The number of aliphatic imine (C=N–C) groups is 1. The van der Waals surface area contributed by atoms with Crippen LogP contribution in [0.2, 0.25) is 0 Å². The summed E-state index contributed by atoms with van der Waals surface area (Å²) in [6.07, 6.45) is 1.78. The van der Waals surface area contributed by atoms with E-state index in [0.717, 1.165) is 16.9 Å². The predicted molar refractivity (Wildman–Crippen MR) is 143 cm³/mol. The van der Waals surface area contributed by atoms with Gasteiger partial charge in [0.2, 0.25) is 0 Å². The fraction of sp³-hybridized carbons (Fsp3) is 0.115. The van der Waals surface area contributed by atoms with Crippen molar-refractivity contribution in [3.63, 3.8) is 0 Å². The quantitative estimate of drug-likeness (QED) is 0.372. The summed E-state index contributed by atoms with van der Waals surface area (Å²) in [5.74, 6) is 0.0303. The van der Waals surface area contributed by atoms with Gasteiger partial charge in [-0.3, -0.25) is 14.5 Å². The molecular formula is C26H22BrN3O4S. The number of rotatable bonds is 8. The molecule has 0 spiro atoms. The molecule has 7 nitrogen and oxygen atoms in total. The molecule has 0 bridgehead atoms. The molecule has 0 saturated carbocycles. The minimum atomic E-state index is -0.593. The van der Waals surface area contributed by atoms with Crippen LogP contribution < -0.4 is 20.1 Å². The number of carbonyl (C=O) groups excluding carboxylic acids is 2. The van der Waals surface area contributed by atoms with Gasteiger partial charge in [0.25, 0.3) is 11.8 Å². The fourth-order valence-corrected chi connectivity index (χ4v) is 4.91. The first-order valence-electron chi connectivity index (χ1n) is 10.8. The molecule has 9 heteroatoms. The summed E-state index contributed by atoms with van der Waals surface area (Å²) in [5, 5.41) is 0.559. The Morgan fingerprint density at radius 2 is 1.77 bits per heavy atom. The first-order chi connectivity index (χ1) is 17.0. The second kappa shape index (κ2) is 11.2. The van der Waals surface area contributed by atoms with E-state index in [1.54, 1.807) is 23.1 Å². The summed E-state index contributed by atoms with van der Waals surface area (Å²) in [7, 11) is 0. The smallest absolute Gasteiger partial charge is 0.271 e. The highest BCUT2D eigenvalue weighted by Gasteiger charge is 2.34. The number of primary amides is 1. The fourth-order valence-electron chi connectivity index (χ4n) is 3.34. The Morgan fingerprint density at radius 3 is 2.43 bits per heavy atom. The number of hydrogen-bond donors (Lipinski definition) is 1. The van der Waals surface area contributed by atoms with Crippen molar-refractivity contribution in [2.45, 2.75) is 6.92 Å². The van der Waals surface area contributed by atoms with E-state index in [-0.39, 0.29) is 12.5 Å². The number of anilines is 1. The number of halogens is 1. The maximum Gasteiger partial charge on any atom is 0.271 e. The molecule has 1 saturated heterocycles. The Morgan fingerprint density at radius 1 is 1.09 bits per heavy atom. The lowest BCUT2D eigenvalue weighted by molar-refractivity contribution is -0.120. The number of para-hydroxylation sites is 2. The van der Waals surface area contributed by atoms with Crippen LogP contribution in [-0.4, -0.2) is 30.2 Å². The van der Waals surface area contributed by atoms with E-state index in [1.165, 1.54) is 11.8 Å². The minimum Gasteiger partial charge on any atom is -0.490 e. The van der Waals surface area contributed by atoms with Crippen molar-refractivity contribution in [2.24, 2.45) is 10.7 Å². The molecule has 35 heavy (non-hydrogen) atoms. The summed E-state index contributed by atoms with van der Waals surface area (Å²) in [4.78, 5) is 31.5. The molecule has 1 aliphatic heterocycles. The highest BCUT2D eigenvalue weighted by Crippen LogP contribution is 2.40. The van der Waals surface area contributed by atoms with E-state index >= 15 is 0 Å². The Hall–Kier alpha value is -3.56. The Labute approximate surface area is 215 Å². The molecule has 0 aliphatic carbocycles. The molecule has 3 aromatic rings. The van der Waals surface area contributed by atoms with Crippen LogP contribution in [0.25, 0.3) is 6.08 Å². The molecule has 1 heterocycles. The molecule has 4 rings (SSSR count). The maximum absolute atomic E-state index is 13.5. The largest absolute Gasteiger partial charge is 0.490 e. The van der Waals surface area contributed by atoms with Crippen molar-refractivity contribution in [2.75, 3.05) is 18.1 Å². The Balaban J connectivity index is 1.73. The summed E-state index contributed by atoms with van der Waals surface area (Å²) in [6.45, 7) is 1.96. The third kappa shape index (κ3) is 5.93. The zero-order valence-electron chi connectivity index (χ0n) is 18.8. The Bertz CT molecular complexity index is 1300. The lowest BCUT2D eigenvalue weighted by atomic mass is 10.1. The summed E-state index contributed by atoms with van der Waals surface area (Å²) in [6, 6.07) is 22.4. The first-order valence-corrected chi connectivity index (χ1v) is 12.4. The van der Waals surface area contributed by atoms with Crippen LogP contribution in [0.4, 0.5) is 11.4 Å². The van der Waals surface area contributed by atoms with Crippen molar-refractivity contribution in [1.29, 1.82) is 0 Å². The zero-order valence-corrected chi connectivity index (χ0v) is 21.2. The number of nitrogens with two attached hydrogens (primary N) is 1. The van der Waals surface area contributed by atoms with Crippen LogP contribution in [0.15, 0.2) is 87.2 Å². The maximum atomic E-state index is 13.5. The lowest BCUT2D eigenvalue weighted by Crippen LogP contribution is -2.28. The molecule has 0 aromatic heterocycles. The van der Waals surface area contributed by atoms with E-state index in [1.807, 2.05) is 67.6 Å². The van der Waals surface area contributed by atoms with Crippen LogP contribution in [0.3, 0.4) is 0 Å². The third-order valence-corrected chi connectivity index (χ3v) is 6.35. The minimum absolute atomic E-state index is 0.181. The SMILES string of the molecule is CCOc1cc(/C=C2/SC(=Nc3ccccc3)N(c3ccccc3)C2=O)cc(Br)c1OCC(N)=O. The van der Waals surface area contributed by atoms with Crippen molar-refractivity contribution in [1.82, 2.24) is 0 Å². The van der Waals surface area contributed by atoms with E-state index in [0.29, 0.717) is 32.7 Å². The summed E-state index contributed by atoms with van der Waals surface area (Å²) in [5.41, 5.74) is 7.41. The number of amidine groups is 1. The predicted octanol–water partition coefficient (Wildman–Crippen LogP) is 5.52. The summed E-state index contributed by atoms with van der Waals surface area (Å²) >= 11 is 4.77. The molecule has 1 aliphatic rings. The number of ether oxygens (including phenoxy) is 2. The van der Waals surface area contributed by atoms with Crippen molar-refractivity contribution < 1.29 is 19.1 Å². The van der Waals surface area contributed by atoms with E-state index in [2.05, 4.69) is 15.9 Å². The van der Waals surface area contributed by atoms with Crippen molar-refractivity contribution in [3.8, 4) is 11.5 Å². The number of carbonyl (C=O) groups is 2. The van der Waals surface area contributed by atoms with Gasteiger partial charge in [-0.15, -0.1) is 0 Å². The normalized spacial score (nSPS) is 15.6. The third-order valence-electron chi connectivity index (χ3n) is 4.79. The van der Waals surface area contributed by atoms with Gasteiger partial charge in [-0.1, -0.05) is 36.4 Å². The van der Waals surface area contributed by atoms with Gasteiger partial charge in [0.15, 0.2) is 23.3 Å². The second-order valence-corrected chi connectivity index (χ2v) is 9.20. The molecule has 1 fully saturated rings. The van der Waals surface area contributed by atoms with Gasteiger partial charge in [0, 0.05) is 0 Å². The van der Waals surface area contributed by atoms with Crippen molar-refractivity contribution >= 4 is 62.1 Å². The molecule has 3 aromatic carbocycles. The number of hydrogen-bond acceptors (Lipinski definition) is 6. The number of thioether (sulfide) groups is 1. The van der Waals surface area contributed by atoms with Gasteiger partial charge in [0.05, 0.1) is 27.4 Å². The van der Waals surface area contributed by atoms with Crippen LogP contribution in [0, 0.1) is 0 Å².